The number of ether oxygens (including phenoxy) is 3. The van der Waals surface area contributed by atoms with Crippen molar-refractivity contribution in [2.75, 3.05) is 32.8 Å². The maximum Gasteiger partial charge on any atom is 0.163 e. The van der Waals surface area contributed by atoms with Crippen molar-refractivity contribution in [3.8, 4) is 17.2 Å². The lowest BCUT2D eigenvalue weighted by atomic mass is 10.1. The van der Waals surface area contributed by atoms with Crippen LogP contribution in [0, 0.1) is 6.92 Å². The van der Waals surface area contributed by atoms with Crippen molar-refractivity contribution >= 4 is 34.0 Å². The number of methoxy groups -OCH3 is 2. The Bertz CT molecular complexity index is 965. The van der Waals surface area contributed by atoms with Crippen LogP contribution in [0.15, 0.2) is 30.6 Å². The quantitative estimate of drug-likeness (QED) is 0.589. The zero-order valence-electron chi connectivity index (χ0n) is 15.2. The molecule has 8 heteroatoms. The Balaban J connectivity index is 2.03. The van der Waals surface area contributed by atoms with Gasteiger partial charge in [-0.3, -0.25) is 0 Å². The fraction of sp³-hybridized carbons (Fsp3) is 0.263. The van der Waals surface area contributed by atoms with E-state index in [2.05, 4.69) is 15.3 Å². The number of rotatable bonds is 7. The van der Waals surface area contributed by atoms with E-state index in [0.29, 0.717) is 52.3 Å². The molecule has 0 saturated heterocycles. The van der Waals surface area contributed by atoms with Gasteiger partial charge in [-0.15, -0.1) is 0 Å². The van der Waals surface area contributed by atoms with Crippen LogP contribution in [0.4, 0.5) is 11.5 Å². The van der Waals surface area contributed by atoms with Gasteiger partial charge in [-0.1, -0.05) is 11.6 Å². The molecule has 0 radical (unpaired) electrons. The largest absolute Gasteiger partial charge is 0.508 e. The summed E-state index contributed by atoms with van der Waals surface area (Å²) < 4.78 is 16.2. The fourth-order valence-corrected chi connectivity index (χ4v) is 2.86. The van der Waals surface area contributed by atoms with Crippen molar-refractivity contribution in [2.24, 2.45) is 0 Å². The van der Waals surface area contributed by atoms with E-state index in [9.17, 15) is 5.11 Å². The molecule has 0 aliphatic rings. The number of hydrogen-bond donors (Lipinski definition) is 2. The zero-order valence-corrected chi connectivity index (χ0v) is 16.0. The van der Waals surface area contributed by atoms with Gasteiger partial charge >= 0.3 is 0 Å². The molecule has 142 valence electrons. The number of aromatic hydroxyl groups is 1. The highest BCUT2D eigenvalue weighted by Crippen LogP contribution is 2.38. The normalized spacial score (nSPS) is 10.8. The van der Waals surface area contributed by atoms with Gasteiger partial charge in [0.15, 0.2) is 11.5 Å². The molecule has 0 saturated carbocycles. The highest BCUT2D eigenvalue weighted by Gasteiger charge is 2.14. The van der Waals surface area contributed by atoms with Crippen molar-refractivity contribution in [1.29, 1.82) is 0 Å². The highest BCUT2D eigenvalue weighted by atomic mass is 35.5. The topological polar surface area (TPSA) is 85.7 Å². The molecule has 2 aromatic carbocycles. The molecule has 3 rings (SSSR count). The predicted molar refractivity (Wildman–Crippen MR) is 105 cm³/mol. The van der Waals surface area contributed by atoms with Crippen LogP contribution < -0.4 is 14.8 Å². The Kier molecular flexibility index (Phi) is 5.83. The van der Waals surface area contributed by atoms with Crippen LogP contribution in [-0.2, 0) is 4.74 Å². The molecule has 1 heterocycles. The molecule has 0 aliphatic carbocycles. The molecule has 3 aromatic rings. The molecule has 1 aromatic heterocycles. The van der Waals surface area contributed by atoms with Gasteiger partial charge in [-0.05, 0) is 25.1 Å². The Labute approximate surface area is 161 Å². The summed E-state index contributed by atoms with van der Waals surface area (Å²) in [6, 6.07) is 6.75. The fourth-order valence-electron chi connectivity index (χ4n) is 2.61. The van der Waals surface area contributed by atoms with Crippen LogP contribution in [0.3, 0.4) is 0 Å². The number of nitrogens with one attached hydrogen (secondary N) is 1. The molecule has 0 atom stereocenters. The minimum atomic E-state index is 0.145. The van der Waals surface area contributed by atoms with Crippen molar-refractivity contribution in [2.45, 2.75) is 6.92 Å². The van der Waals surface area contributed by atoms with Crippen LogP contribution in [0.2, 0.25) is 5.02 Å². The highest BCUT2D eigenvalue weighted by molar-refractivity contribution is 6.33. The summed E-state index contributed by atoms with van der Waals surface area (Å²) in [5.74, 6) is 1.80. The summed E-state index contributed by atoms with van der Waals surface area (Å²) in [6.45, 7) is 2.63. The summed E-state index contributed by atoms with van der Waals surface area (Å²) in [7, 11) is 3.18. The molecule has 0 unspecified atom stereocenters. The smallest absolute Gasteiger partial charge is 0.163 e. The minimum Gasteiger partial charge on any atom is -0.508 e. The first kappa shape index (κ1) is 19.0. The molecular weight excluding hydrogens is 370 g/mol. The van der Waals surface area contributed by atoms with E-state index in [1.807, 2.05) is 0 Å². The number of benzene rings is 2. The van der Waals surface area contributed by atoms with Gasteiger partial charge in [0.25, 0.3) is 0 Å². The van der Waals surface area contributed by atoms with E-state index in [4.69, 9.17) is 25.8 Å². The third-order valence-electron chi connectivity index (χ3n) is 4.09. The lowest BCUT2D eigenvalue weighted by molar-refractivity contribution is 0.144. The second-order valence-electron chi connectivity index (χ2n) is 5.78. The summed E-state index contributed by atoms with van der Waals surface area (Å²) in [5, 5.41) is 14.4. The van der Waals surface area contributed by atoms with Gasteiger partial charge in [-0.2, -0.15) is 0 Å². The molecule has 0 bridgehead atoms. The number of anilines is 2. The molecular formula is C19H20ClN3O4. The van der Waals surface area contributed by atoms with Gasteiger partial charge < -0.3 is 24.6 Å². The summed E-state index contributed by atoms with van der Waals surface area (Å²) >= 11 is 6.28. The number of phenolic OH excluding ortho intramolecular Hbond substituents is 1. The monoisotopic (exact) mass is 389 g/mol. The van der Waals surface area contributed by atoms with E-state index in [-0.39, 0.29) is 5.75 Å². The van der Waals surface area contributed by atoms with Crippen LogP contribution in [0.1, 0.15) is 5.56 Å². The Morgan fingerprint density at radius 2 is 1.93 bits per heavy atom. The van der Waals surface area contributed by atoms with Gasteiger partial charge in [0.2, 0.25) is 0 Å². The third kappa shape index (κ3) is 3.99. The summed E-state index contributed by atoms with van der Waals surface area (Å²) in [5.41, 5.74) is 1.88. The van der Waals surface area contributed by atoms with Crippen molar-refractivity contribution < 1.29 is 19.3 Å². The number of halogens is 1. The SMILES string of the molecule is COCCOc1cc2ncnc(Nc3c(Cl)ccc(O)c3C)c2cc1OC. The minimum absolute atomic E-state index is 0.145. The first-order valence-corrected chi connectivity index (χ1v) is 8.62. The lowest BCUT2D eigenvalue weighted by Crippen LogP contribution is -2.06. The van der Waals surface area contributed by atoms with Gasteiger partial charge in [-0.25, -0.2) is 9.97 Å². The van der Waals surface area contributed by atoms with Gasteiger partial charge in [0.1, 0.15) is 24.5 Å². The third-order valence-corrected chi connectivity index (χ3v) is 4.41. The average Bonchev–Trinajstić information content (AvgIpc) is 2.68. The summed E-state index contributed by atoms with van der Waals surface area (Å²) in [4.78, 5) is 8.63. The van der Waals surface area contributed by atoms with Crippen LogP contribution in [-0.4, -0.2) is 42.5 Å². The summed E-state index contributed by atoms with van der Waals surface area (Å²) in [6.07, 6.45) is 1.45. The average molecular weight is 390 g/mol. The van der Waals surface area contributed by atoms with Gasteiger partial charge in [0.05, 0.1) is 29.9 Å². The number of aromatic nitrogens is 2. The van der Waals surface area contributed by atoms with Gasteiger partial charge in [0, 0.05) is 24.1 Å². The first-order valence-electron chi connectivity index (χ1n) is 8.24. The lowest BCUT2D eigenvalue weighted by Gasteiger charge is -2.15. The van der Waals surface area contributed by atoms with Crippen molar-refractivity contribution in [1.82, 2.24) is 9.97 Å². The number of hydrogen-bond acceptors (Lipinski definition) is 7. The maximum absolute atomic E-state index is 9.96. The molecule has 0 aliphatic heterocycles. The molecule has 0 amide bonds. The van der Waals surface area contributed by atoms with E-state index < -0.39 is 0 Å². The second-order valence-corrected chi connectivity index (χ2v) is 6.18. The van der Waals surface area contributed by atoms with Crippen molar-refractivity contribution in [3.63, 3.8) is 0 Å². The van der Waals surface area contributed by atoms with E-state index in [1.54, 1.807) is 45.4 Å². The molecule has 7 nitrogen and oxygen atoms in total. The Morgan fingerprint density at radius 3 is 2.67 bits per heavy atom. The van der Waals surface area contributed by atoms with Crippen LogP contribution >= 0.6 is 11.6 Å². The standard InChI is InChI=1S/C19H20ClN3O4/c1-11-15(24)5-4-13(20)18(11)23-19-12-8-16(26-3)17(27-7-6-25-2)9-14(12)21-10-22-19/h4-5,8-10,24H,6-7H2,1-3H3,(H,21,22,23). The van der Waals surface area contributed by atoms with E-state index >= 15 is 0 Å². The number of nitrogens with zero attached hydrogens (tertiary/aromatic N) is 2. The van der Waals surface area contributed by atoms with Crippen LogP contribution in [0.5, 0.6) is 17.2 Å². The maximum atomic E-state index is 9.96. The Hall–Kier alpha value is -2.77. The Morgan fingerprint density at radius 1 is 1.11 bits per heavy atom. The second kappa shape index (κ2) is 8.28. The van der Waals surface area contributed by atoms with E-state index in [1.165, 1.54) is 6.33 Å². The number of fused-ring (bicyclic) bond motifs is 1. The molecule has 0 spiro atoms. The molecule has 2 N–H and O–H groups in total. The van der Waals surface area contributed by atoms with Crippen LogP contribution in [0.25, 0.3) is 10.9 Å². The van der Waals surface area contributed by atoms with E-state index in [0.717, 1.165) is 5.39 Å². The first-order chi connectivity index (χ1) is 13.0. The van der Waals surface area contributed by atoms with Crippen molar-refractivity contribution in [3.05, 3.63) is 41.2 Å². The molecule has 27 heavy (non-hydrogen) atoms. The predicted octanol–water partition coefficient (Wildman–Crippen LogP) is 4.07. The number of phenols is 1. The molecule has 0 fully saturated rings. The zero-order chi connectivity index (χ0) is 19.4.